The smallest absolute Gasteiger partial charge is 0.308 e. The Morgan fingerprint density at radius 3 is 2.47 bits per heavy atom. The van der Waals surface area contributed by atoms with Crippen molar-refractivity contribution in [1.82, 2.24) is 14.9 Å². The van der Waals surface area contributed by atoms with Crippen molar-refractivity contribution >= 4 is 11.9 Å². The van der Waals surface area contributed by atoms with Crippen molar-refractivity contribution in [3.63, 3.8) is 0 Å². The lowest BCUT2D eigenvalue weighted by Gasteiger charge is -2.19. The third kappa shape index (κ3) is 4.95. The Kier molecular flexibility index (Phi) is 6.67. The summed E-state index contributed by atoms with van der Waals surface area (Å²) in [6, 6.07) is 14.6. The van der Waals surface area contributed by atoms with Gasteiger partial charge in [0.25, 0.3) is 5.91 Å². The lowest BCUT2D eigenvalue weighted by atomic mass is 10.0. The maximum Gasteiger partial charge on any atom is 0.308 e. The van der Waals surface area contributed by atoms with Crippen LogP contribution in [0.15, 0.2) is 60.9 Å². The van der Waals surface area contributed by atoms with Gasteiger partial charge in [-0.1, -0.05) is 30.3 Å². The Hall–Kier alpha value is -3.41. The van der Waals surface area contributed by atoms with Gasteiger partial charge in [-0.3, -0.25) is 14.6 Å². The van der Waals surface area contributed by atoms with Gasteiger partial charge in [-0.25, -0.2) is 0 Å². The molecule has 0 aliphatic heterocycles. The van der Waals surface area contributed by atoms with E-state index in [1.165, 1.54) is 0 Å². The van der Waals surface area contributed by atoms with Gasteiger partial charge < -0.3 is 14.6 Å². The Balaban J connectivity index is 1.87. The van der Waals surface area contributed by atoms with Crippen LogP contribution in [0.2, 0.25) is 0 Å². The molecule has 0 fully saturated rings. The number of hydrogen-bond acceptors (Lipinski definition) is 4. The number of carbonyl (C=O) groups is 2. The number of aromatic nitrogens is 2. The number of rotatable bonds is 7. The van der Waals surface area contributed by atoms with E-state index in [1.54, 1.807) is 26.2 Å². The number of nitrogens with zero attached hydrogens (tertiary/aromatic N) is 2. The molecule has 0 aliphatic rings. The zero-order valence-electron chi connectivity index (χ0n) is 17.8. The van der Waals surface area contributed by atoms with Gasteiger partial charge in [0.15, 0.2) is 0 Å². The average molecular weight is 405 g/mol. The second-order valence-electron chi connectivity index (χ2n) is 7.51. The fraction of sp³-hybridized carbons (Fsp3) is 0.292. The Morgan fingerprint density at radius 2 is 1.83 bits per heavy atom. The summed E-state index contributed by atoms with van der Waals surface area (Å²) >= 11 is 0. The van der Waals surface area contributed by atoms with Crippen molar-refractivity contribution in [2.24, 2.45) is 0 Å². The van der Waals surface area contributed by atoms with Crippen molar-refractivity contribution < 1.29 is 14.3 Å². The van der Waals surface area contributed by atoms with Crippen molar-refractivity contribution in [1.29, 1.82) is 0 Å². The summed E-state index contributed by atoms with van der Waals surface area (Å²) in [6.07, 6.45) is 3.33. The summed E-state index contributed by atoms with van der Waals surface area (Å²) in [7, 11) is 0. The number of hydrogen-bond donors (Lipinski definition) is 1. The number of benzene rings is 1. The van der Waals surface area contributed by atoms with Crippen LogP contribution in [0.5, 0.6) is 0 Å². The molecule has 6 heteroatoms. The summed E-state index contributed by atoms with van der Waals surface area (Å²) in [5.41, 5.74) is 4.06. The van der Waals surface area contributed by atoms with Gasteiger partial charge in [-0.15, -0.1) is 0 Å². The first-order valence-electron chi connectivity index (χ1n) is 10.0. The quantitative estimate of drug-likeness (QED) is 0.595. The van der Waals surface area contributed by atoms with Crippen molar-refractivity contribution in [2.45, 2.75) is 46.3 Å². The summed E-state index contributed by atoms with van der Waals surface area (Å²) in [5.74, 6) is -0.579. The molecule has 0 saturated carbocycles. The van der Waals surface area contributed by atoms with Crippen LogP contribution in [-0.2, 0) is 9.53 Å². The predicted octanol–water partition coefficient (Wildman–Crippen LogP) is 4.30. The van der Waals surface area contributed by atoms with E-state index < -0.39 is 6.04 Å². The number of ether oxygens (including phenoxy) is 1. The van der Waals surface area contributed by atoms with E-state index in [0.29, 0.717) is 5.56 Å². The van der Waals surface area contributed by atoms with E-state index in [1.807, 2.05) is 66.9 Å². The van der Waals surface area contributed by atoms with Crippen LogP contribution >= 0.6 is 0 Å². The van der Waals surface area contributed by atoms with Crippen LogP contribution in [-0.4, -0.2) is 27.5 Å². The summed E-state index contributed by atoms with van der Waals surface area (Å²) in [6.45, 7) is 7.47. The molecule has 1 aromatic carbocycles. The molecule has 0 bridgehead atoms. The lowest BCUT2D eigenvalue weighted by Crippen LogP contribution is -2.31. The van der Waals surface area contributed by atoms with E-state index in [9.17, 15) is 9.59 Å². The molecule has 0 aliphatic carbocycles. The SMILES string of the molecule is Cc1cc(C(=O)NC(CC(=O)OC(C)C)c2ccccc2)c(C)n1-c1cccnc1. The Bertz CT molecular complexity index is 1010. The first-order chi connectivity index (χ1) is 14.4. The van der Waals surface area contributed by atoms with Crippen molar-refractivity contribution in [3.05, 3.63) is 83.4 Å². The molecule has 2 aromatic heterocycles. The second kappa shape index (κ2) is 9.39. The van der Waals surface area contributed by atoms with Crippen LogP contribution in [0, 0.1) is 13.8 Å². The lowest BCUT2D eigenvalue weighted by molar-refractivity contribution is -0.147. The van der Waals surface area contributed by atoms with Gasteiger partial charge in [-0.05, 0) is 51.5 Å². The van der Waals surface area contributed by atoms with Crippen LogP contribution in [0.1, 0.15) is 53.6 Å². The normalized spacial score (nSPS) is 11.9. The monoisotopic (exact) mass is 405 g/mol. The molecular formula is C24H27N3O3. The molecule has 1 N–H and O–H groups in total. The molecule has 3 aromatic rings. The maximum absolute atomic E-state index is 13.2. The topological polar surface area (TPSA) is 73.2 Å². The number of pyridine rings is 1. The molecule has 30 heavy (non-hydrogen) atoms. The highest BCUT2D eigenvalue weighted by molar-refractivity contribution is 5.96. The molecule has 0 radical (unpaired) electrons. The minimum Gasteiger partial charge on any atom is -0.463 e. The molecule has 2 heterocycles. The second-order valence-corrected chi connectivity index (χ2v) is 7.51. The van der Waals surface area contributed by atoms with E-state index in [4.69, 9.17) is 4.74 Å². The van der Waals surface area contributed by atoms with E-state index in [-0.39, 0.29) is 24.4 Å². The van der Waals surface area contributed by atoms with Gasteiger partial charge >= 0.3 is 5.97 Å². The number of nitrogens with one attached hydrogen (secondary N) is 1. The standard InChI is InChI=1S/C24H27N3O3/c1-16(2)30-23(28)14-22(19-9-6-5-7-10-19)26-24(29)21-13-17(3)27(18(21)4)20-11-8-12-25-15-20/h5-13,15-16,22H,14H2,1-4H3,(H,26,29). The highest BCUT2D eigenvalue weighted by Crippen LogP contribution is 2.23. The van der Waals surface area contributed by atoms with E-state index >= 15 is 0 Å². The van der Waals surface area contributed by atoms with Gasteiger partial charge in [0, 0.05) is 17.6 Å². The average Bonchev–Trinajstić information content (AvgIpc) is 3.02. The Labute approximate surface area is 176 Å². The van der Waals surface area contributed by atoms with E-state index in [0.717, 1.165) is 22.6 Å². The van der Waals surface area contributed by atoms with Crippen molar-refractivity contribution in [3.8, 4) is 5.69 Å². The summed E-state index contributed by atoms with van der Waals surface area (Å²) in [5, 5.41) is 3.02. The van der Waals surface area contributed by atoms with Crippen LogP contribution < -0.4 is 5.32 Å². The third-order valence-corrected chi connectivity index (χ3v) is 4.83. The fourth-order valence-electron chi connectivity index (χ4n) is 3.53. The molecule has 1 unspecified atom stereocenters. The summed E-state index contributed by atoms with van der Waals surface area (Å²) in [4.78, 5) is 29.6. The van der Waals surface area contributed by atoms with Gasteiger partial charge in [-0.2, -0.15) is 0 Å². The first-order valence-corrected chi connectivity index (χ1v) is 10.0. The van der Waals surface area contributed by atoms with Gasteiger partial charge in [0.05, 0.1) is 36.0 Å². The molecule has 6 nitrogen and oxygen atoms in total. The third-order valence-electron chi connectivity index (χ3n) is 4.83. The predicted molar refractivity (Wildman–Crippen MR) is 116 cm³/mol. The largest absolute Gasteiger partial charge is 0.463 e. The minimum atomic E-state index is -0.480. The number of aryl methyl sites for hydroxylation is 1. The maximum atomic E-state index is 13.2. The molecule has 156 valence electrons. The number of amides is 1. The Morgan fingerprint density at radius 1 is 1.10 bits per heavy atom. The zero-order valence-corrected chi connectivity index (χ0v) is 17.8. The van der Waals surface area contributed by atoms with Gasteiger partial charge in [0.1, 0.15) is 0 Å². The fourth-order valence-corrected chi connectivity index (χ4v) is 3.53. The van der Waals surface area contributed by atoms with Gasteiger partial charge in [0.2, 0.25) is 0 Å². The first kappa shape index (κ1) is 21.3. The molecular weight excluding hydrogens is 378 g/mol. The molecule has 3 rings (SSSR count). The molecule has 1 atom stereocenters. The highest BCUT2D eigenvalue weighted by Gasteiger charge is 2.23. The molecule has 1 amide bonds. The molecule has 0 saturated heterocycles. The summed E-state index contributed by atoms with van der Waals surface area (Å²) < 4.78 is 7.29. The van der Waals surface area contributed by atoms with Crippen LogP contribution in [0.4, 0.5) is 0 Å². The van der Waals surface area contributed by atoms with Crippen LogP contribution in [0.25, 0.3) is 5.69 Å². The highest BCUT2D eigenvalue weighted by atomic mass is 16.5. The van der Waals surface area contributed by atoms with Crippen molar-refractivity contribution in [2.75, 3.05) is 0 Å². The number of esters is 1. The number of carbonyl (C=O) groups excluding carboxylic acids is 2. The minimum absolute atomic E-state index is 0.0648. The molecule has 0 spiro atoms. The zero-order chi connectivity index (χ0) is 21.7. The van der Waals surface area contributed by atoms with E-state index in [2.05, 4.69) is 10.3 Å². The van der Waals surface area contributed by atoms with Crippen LogP contribution in [0.3, 0.4) is 0 Å².